The Morgan fingerprint density at radius 2 is 2.14 bits per heavy atom. The molecule has 1 saturated carbocycles. The molecular weight excluding hydrogens is 266 g/mol. The second-order valence-electron chi connectivity index (χ2n) is 6.34. The molecule has 1 aromatic heterocycles. The van der Waals surface area contributed by atoms with Crippen LogP contribution in [-0.4, -0.2) is 45.9 Å². The fourth-order valence-electron chi connectivity index (χ4n) is 3.46. The highest BCUT2D eigenvalue weighted by atomic mass is 16.5. The molecule has 3 rings (SSSR count). The first-order chi connectivity index (χ1) is 10.2. The van der Waals surface area contributed by atoms with Gasteiger partial charge in [0.05, 0.1) is 24.9 Å². The first-order valence-corrected chi connectivity index (χ1v) is 8.12. The summed E-state index contributed by atoms with van der Waals surface area (Å²) in [7, 11) is 0. The molecule has 1 aromatic rings. The first-order valence-electron chi connectivity index (χ1n) is 8.12. The van der Waals surface area contributed by atoms with E-state index in [1.54, 1.807) is 0 Å². The van der Waals surface area contributed by atoms with Crippen molar-refractivity contribution in [1.29, 1.82) is 0 Å². The van der Waals surface area contributed by atoms with Crippen molar-refractivity contribution in [3.8, 4) is 0 Å². The zero-order valence-corrected chi connectivity index (χ0v) is 12.8. The summed E-state index contributed by atoms with van der Waals surface area (Å²) in [5.74, 6) is 0.147. The Morgan fingerprint density at radius 1 is 1.33 bits per heavy atom. The number of aromatic nitrogens is 2. The lowest BCUT2D eigenvalue weighted by molar-refractivity contribution is -0.139. The molecular formula is C16H25N3O2. The highest BCUT2D eigenvalue weighted by Gasteiger charge is 2.29. The largest absolute Gasteiger partial charge is 0.368 e. The summed E-state index contributed by atoms with van der Waals surface area (Å²) in [6.45, 7) is 3.94. The fourth-order valence-corrected chi connectivity index (χ4v) is 3.46. The number of aryl methyl sites for hydroxylation is 1. The molecule has 0 aromatic carbocycles. The van der Waals surface area contributed by atoms with E-state index < -0.39 is 0 Å². The summed E-state index contributed by atoms with van der Waals surface area (Å²) < 4.78 is 7.71. The van der Waals surface area contributed by atoms with Gasteiger partial charge in [0.25, 0.3) is 0 Å². The summed E-state index contributed by atoms with van der Waals surface area (Å²) in [6, 6.07) is 0.268. The third kappa shape index (κ3) is 3.64. The van der Waals surface area contributed by atoms with Crippen molar-refractivity contribution in [2.24, 2.45) is 0 Å². The zero-order valence-electron chi connectivity index (χ0n) is 12.8. The lowest BCUT2D eigenvalue weighted by atomic mass is 10.2. The van der Waals surface area contributed by atoms with E-state index in [0.717, 1.165) is 44.3 Å². The molecule has 1 aliphatic heterocycles. The smallest absolute Gasteiger partial charge is 0.248 e. The van der Waals surface area contributed by atoms with Crippen LogP contribution in [0.15, 0.2) is 12.4 Å². The maximum Gasteiger partial charge on any atom is 0.248 e. The quantitative estimate of drug-likeness (QED) is 0.835. The lowest BCUT2D eigenvalue weighted by Crippen LogP contribution is -2.40. The van der Waals surface area contributed by atoms with Crippen LogP contribution in [-0.2, 0) is 16.1 Å². The Labute approximate surface area is 126 Å². The molecule has 0 bridgehead atoms. The minimum absolute atomic E-state index is 0.147. The van der Waals surface area contributed by atoms with Crippen LogP contribution in [0.4, 0.5) is 0 Å². The van der Waals surface area contributed by atoms with E-state index in [4.69, 9.17) is 4.74 Å². The number of hydrogen-bond acceptors (Lipinski definition) is 3. The number of amides is 1. The number of hydrogen-bond donors (Lipinski definition) is 0. The SMILES string of the molecule is Cc1cnn(C[C@@H]2CCCN2C(=O)COC2CCCC2)c1. The summed E-state index contributed by atoms with van der Waals surface area (Å²) >= 11 is 0. The van der Waals surface area contributed by atoms with Crippen LogP contribution >= 0.6 is 0 Å². The minimum Gasteiger partial charge on any atom is -0.368 e. The van der Waals surface area contributed by atoms with Gasteiger partial charge in [-0.2, -0.15) is 5.10 Å². The molecule has 21 heavy (non-hydrogen) atoms. The van der Waals surface area contributed by atoms with Crippen molar-refractivity contribution < 1.29 is 9.53 Å². The van der Waals surface area contributed by atoms with E-state index in [-0.39, 0.29) is 18.6 Å². The van der Waals surface area contributed by atoms with E-state index in [0.29, 0.717) is 6.10 Å². The first kappa shape index (κ1) is 14.6. The van der Waals surface area contributed by atoms with Crippen LogP contribution in [0.25, 0.3) is 0 Å². The molecule has 1 atom stereocenters. The van der Waals surface area contributed by atoms with Crippen LogP contribution in [0, 0.1) is 6.92 Å². The van der Waals surface area contributed by atoms with Gasteiger partial charge in [-0.15, -0.1) is 0 Å². The normalized spacial score (nSPS) is 23.1. The molecule has 0 radical (unpaired) electrons. The standard InChI is InChI=1S/C16H25N3O2/c1-13-9-17-18(10-13)11-14-5-4-8-19(14)16(20)12-21-15-6-2-3-7-15/h9-10,14-15H,2-8,11-12H2,1H3/t14-/m0/s1. The molecule has 2 fully saturated rings. The van der Waals surface area contributed by atoms with Gasteiger partial charge >= 0.3 is 0 Å². The number of likely N-dealkylation sites (tertiary alicyclic amines) is 1. The maximum absolute atomic E-state index is 12.4. The highest BCUT2D eigenvalue weighted by molar-refractivity contribution is 5.78. The van der Waals surface area contributed by atoms with Crippen LogP contribution in [0.1, 0.15) is 44.1 Å². The van der Waals surface area contributed by atoms with Crippen LogP contribution in [0.2, 0.25) is 0 Å². The molecule has 5 heteroatoms. The fraction of sp³-hybridized carbons (Fsp3) is 0.750. The number of ether oxygens (including phenoxy) is 1. The van der Waals surface area contributed by atoms with Gasteiger partial charge in [0.2, 0.25) is 5.91 Å². The van der Waals surface area contributed by atoms with Gasteiger partial charge in [0.15, 0.2) is 0 Å². The molecule has 2 aliphatic rings. The predicted molar refractivity (Wildman–Crippen MR) is 79.9 cm³/mol. The van der Waals surface area contributed by atoms with Crippen molar-refractivity contribution in [2.45, 2.75) is 64.1 Å². The summed E-state index contributed by atoms with van der Waals surface area (Å²) in [5, 5.41) is 4.33. The van der Waals surface area contributed by atoms with Gasteiger partial charge in [-0.25, -0.2) is 0 Å². The van der Waals surface area contributed by atoms with Crippen LogP contribution in [0.5, 0.6) is 0 Å². The Hall–Kier alpha value is -1.36. The summed E-state index contributed by atoms with van der Waals surface area (Å²) in [4.78, 5) is 14.4. The Balaban J connectivity index is 1.51. The van der Waals surface area contributed by atoms with Crippen molar-refractivity contribution >= 4 is 5.91 Å². The molecule has 0 unspecified atom stereocenters. The molecule has 0 N–H and O–H groups in total. The molecule has 5 nitrogen and oxygen atoms in total. The molecule has 1 aliphatic carbocycles. The average Bonchev–Trinajstić information content (AvgIpc) is 3.19. The van der Waals surface area contributed by atoms with Crippen molar-refractivity contribution in [2.75, 3.05) is 13.2 Å². The predicted octanol–water partition coefficient (Wildman–Crippen LogP) is 2.14. The monoisotopic (exact) mass is 291 g/mol. The average molecular weight is 291 g/mol. The Kier molecular flexibility index (Phi) is 4.58. The van der Waals surface area contributed by atoms with Crippen LogP contribution in [0.3, 0.4) is 0 Å². The van der Waals surface area contributed by atoms with Crippen molar-refractivity contribution in [3.63, 3.8) is 0 Å². The third-order valence-electron chi connectivity index (χ3n) is 4.60. The van der Waals surface area contributed by atoms with Gasteiger partial charge in [-0.1, -0.05) is 12.8 Å². The lowest BCUT2D eigenvalue weighted by Gasteiger charge is -2.25. The molecule has 116 valence electrons. The van der Waals surface area contributed by atoms with Crippen molar-refractivity contribution in [1.82, 2.24) is 14.7 Å². The number of carbonyl (C=O) groups is 1. The summed E-state index contributed by atoms with van der Waals surface area (Å²) in [6.07, 6.45) is 11.1. The van der Waals surface area contributed by atoms with E-state index in [2.05, 4.69) is 5.10 Å². The van der Waals surface area contributed by atoms with Gasteiger partial charge < -0.3 is 9.64 Å². The van der Waals surface area contributed by atoms with E-state index in [1.165, 1.54) is 12.8 Å². The topological polar surface area (TPSA) is 47.4 Å². The van der Waals surface area contributed by atoms with E-state index in [9.17, 15) is 4.79 Å². The highest BCUT2D eigenvalue weighted by Crippen LogP contribution is 2.22. The number of nitrogens with zero attached hydrogens (tertiary/aromatic N) is 3. The van der Waals surface area contributed by atoms with E-state index >= 15 is 0 Å². The van der Waals surface area contributed by atoms with Gasteiger partial charge in [0.1, 0.15) is 6.61 Å². The van der Waals surface area contributed by atoms with Gasteiger partial charge in [-0.05, 0) is 38.2 Å². The molecule has 1 saturated heterocycles. The summed E-state index contributed by atoms with van der Waals surface area (Å²) in [5.41, 5.74) is 1.16. The Bertz CT molecular complexity index is 480. The second-order valence-corrected chi connectivity index (χ2v) is 6.34. The van der Waals surface area contributed by atoms with Crippen LogP contribution < -0.4 is 0 Å². The molecule has 1 amide bonds. The molecule has 2 heterocycles. The van der Waals surface area contributed by atoms with Crippen molar-refractivity contribution in [3.05, 3.63) is 18.0 Å². The van der Waals surface area contributed by atoms with E-state index in [1.807, 2.05) is 28.9 Å². The maximum atomic E-state index is 12.4. The Morgan fingerprint density at radius 3 is 2.86 bits per heavy atom. The molecule has 0 spiro atoms. The second kappa shape index (κ2) is 6.60. The minimum atomic E-state index is 0.147. The number of rotatable bonds is 5. The zero-order chi connectivity index (χ0) is 14.7. The van der Waals surface area contributed by atoms with Gasteiger partial charge in [0, 0.05) is 12.7 Å². The third-order valence-corrected chi connectivity index (χ3v) is 4.60. The van der Waals surface area contributed by atoms with Gasteiger partial charge in [-0.3, -0.25) is 9.48 Å². The number of carbonyl (C=O) groups excluding carboxylic acids is 1.